The number of nitrogens with one attached hydrogen (secondary N) is 1. The Bertz CT molecular complexity index is 195. The van der Waals surface area contributed by atoms with Crippen molar-refractivity contribution in [3.63, 3.8) is 0 Å². The molecule has 1 amide bonds. The van der Waals surface area contributed by atoms with Gasteiger partial charge in [0.2, 0.25) is 5.91 Å². The van der Waals surface area contributed by atoms with Gasteiger partial charge < -0.3 is 10.2 Å². The molecule has 14 heavy (non-hydrogen) atoms. The van der Waals surface area contributed by atoms with Gasteiger partial charge in [0.25, 0.3) is 6.43 Å². The predicted octanol–water partition coefficient (Wildman–Crippen LogP) is 0.709. The van der Waals surface area contributed by atoms with Crippen LogP contribution in [0.4, 0.5) is 8.78 Å². The highest BCUT2D eigenvalue weighted by Gasteiger charge is 2.21. The lowest BCUT2D eigenvalue weighted by Crippen LogP contribution is -2.38. The summed E-state index contributed by atoms with van der Waals surface area (Å²) in [4.78, 5) is 12.3. The quantitative estimate of drug-likeness (QED) is 0.694. The standard InChI is InChI=1S/C9H16F2N2O/c1-13(6-8(10)11)9(14)5-12-4-7-2-3-7/h7-8,12H,2-6H2,1H3. The second kappa shape index (κ2) is 5.24. The van der Waals surface area contributed by atoms with E-state index >= 15 is 0 Å². The van der Waals surface area contributed by atoms with Gasteiger partial charge in [-0.15, -0.1) is 0 Å². The number of hydrogen-bond donors (Lipinski definition) is 1. The maximum atomic E-state index is 11.9. The molecule has 0 aromatic rings. The lowest BCUT2D eigenvalue weighted by molar-refractivity contribution is -0.130. The van der Waals surface area contributed by atoms with Crippen LogP contribution in [-0.2, 0) is 4.79 Å². The molecule has 3 nitrogen and oxygen atoms in total. The minimum Gasteiger partial charge on any atom is -0.339 e. The lowest BCUT2D eigenvalue weighted by atomic mass is 10.4. The Hall–Kier alpha value is -0.710. The third-order valence-electron chi connectivity index (χ3n) is 2.24. The van der Waals surface area contributed by atoms with Crippen LogP contribution in [0, 0.1) is 5.92 Å². The molecule has 5 heteroatoms. The zero-order valence-electron chi connectivity index (χ0n) is 8.30. The van der Waals surface area contributed by atoms with Crippen molar-refractivity contribution in [2.75, 3.05) is 26.7 Å². The van der Waals surface area contributed by atoms with Crippen molar-refractivity contribution in [3.8, 4) is 0 Å². The number of amides is 1. The van der Waals surface area contributed by atoms with Gasteiger partial charge in [-0.05, 0) is 25.3 Å². The maximum absolute atomic E-state index is 11.9. The second-order valence-corrected chi connectivity index (χ2v) is 3.74. The van der Waals surface area contributed by atoms with Crippen LogP contribution in [0.15, 0.2) is 0 Å². The molecule has 0 heterocycles. The summed E-state index contributed by atoms with van der Waals surface area (Å²) in [6, 6.07) is 0. The Kier molecular flexibility index (Phi) is 4.25. The van der Waals surface area contributed by atoms with Crippen molar-refractivity contribution in [1.29, 1.82) is 0 Å². The van der Waals surface area contributed by atoms with E-state index in [-0.39, 0.29) is 12.5 Å². The molecule has 0 unspecified atom stereocenters. The molecule has 1 aliphatic carbocycles. The van der Waals surface area contributed by atoms with Crippen molar-refractivity contribution >= 4 is 5.91 Å². The van der Waals surface area contributed by atoms with Crippen molar-refractivity contribution in [2.24, 2.45) is 5.92 Å². The third kappa shape index (κ3) is 4.50. The molecule has 1 saturated carbocycles. The summed E-state index contributed by atoms with van der Waals surface area (Å²) in [5.74, 6) is 0.425. The average Bonchev–Trinajstić information content (AvgIpc) is 2.86. The highest BCUT2D eigenvalue weighted by molar-refractivity contribution is 5.77. The first-order valence-electron chi connectivity index (χ1n) is 4.82. The van der Waals surface area contributed by atoms with Crippen LogP contribution in [0.5, 0.6) is 0 Å². The van der Waals surface area contributed by atoms with Gasteiger partial charge in [0.05, 0.1) is 13.1 Å². The molecule has 0 saturated heterocycles. The van der Waals surface area contributed by atoms with Gasteiger partial charge in [-0.2, -0.15) is 0 Å². The Balaban J connectivity index is 2.06. The first-order chi connectivity index (χ1) is 6.59. The van der Waals surface area contributed by atoms with Gasteiger partial charge in [0.15, 0.2) is 0 Å². The molecule has 82 valence electrons. The third-order valence-corrected chi connectivity index (χ3v) is 2.24. The normalized spacial score (nSPS) is 16.0. The number of likely N-dealkylation sites (N-methyl/N-ethyl adjacent to an activating group) is 1. The molecule has 0 aromatic heterocycles. The molecule has 1 fully saturated rings. The summed E-state index contributed by atoms with van der Waals surface area (Å²) in [5.41, 5.74) is 0. The molecule has 0 aliphatic heterocycles. The minimum absolute atomic E-state index is 0.166. The summed E-state index contributed by atoms with van der Waals surface area (Å²) >= 11 is 0. The molecule has 0 aromatic carbocycles. The summed E-state index contributed by atoms with van der Waals surface area (Å²) in [6.07, 6.45) is -0.0188. The highest BCUT2D eigenvalue weighted by Crippen LogP contribution is 2.27. The molecule has 1 rings (SSSR count). The van der Waals surface area contributed by atoms with Crippen LogP contribution in [-0.4, -0.2) is 43.9 Å². The Morgan fingerprint density at radius 1 is 1.57 bits per heavy atom. The van der Waals surface area contributed by atoms with Crippen molar-refractivity contribution in [2.45, 2.75) is 19.3 Å². The van der Waals surface area contributed by atoms with Crippen LogP contribution in [0.1, 0.15) is 12.8 Å². The van der Waals surface area contributed by atoms with E-state index in [0.29, 0.717) is 5.92 Å². The molecule has 0 atom stereocenters. The molecule has 0 radical (unpaired) electrons. The van der Waals surface area contributed by atoms with E-state index in [9.17, 15) is 13.6 Å². The van der Waals surface area contributed by atoms with Crippen LogP contribution < -0.4 is 5.32 Å². The van der Waals surface area contributed by atoms with E-state index in [2.05, 4.69) is 5.32 Å². The van der Waals surface area contributed by atoms with Gasteiger partial charge >= 0.3 is 0 Å². The molecular formula is C9H16F2N2O. The highest BCUT2D eigenvalue weighted by atomic mass is 19.3. The smallest absolute Gasteiger partial charge is 0.255 e. The minimum atomic E-state index is -2.45. The Labute approximate surface area is 82.5 Å². The molecule has 1 aliphatic rings. The number of carbonyl (C=O) groups excluding carboxylic acids is 1. The van der Waals surface area contributed by atoms with E-state index in [1.54, 1.807) is 0 Å². The Morgan fingerprint density at radius 3 is 2.71 bits per heavy atom. The van der Waals surface area contributed by atoms with E-state index in [4.69, 9.17) is 0 Å². The van der Waals surface area contributed by atoms with E-state index in [1.807, 2.05) is 0 Å². The molecule has 1 N–H and O–H groups in total. The first-order valence-corrected chi connectivity index (χ1v) is 4.82. The van der Waals surface area contributed by atoms with Crippen LogP contribution >= 0.6 is 0 Å². The first kappa shape index (κ1) is 11.4. The molecular weight excluding hydrogens is 190 g/mol. The van der Waals surface area contributed by atoms with Crippen molar-refractivity contribution in [1.82, 2.24) is 10.2 Å². The van der Waals surface area contributed by atoms with Crippen molar-refractivity contribution < 1.29 is 13.6 Å². The topological polar surface area (TPSA) is 32.3 Å². The van der Waals surface area contributed by atoms with E-state index in [0.717, 1.165) is 11.4 Å². The Morgan fingerprint density at radius 2 is 2.21 bits per heavy atom. The maximum Gasteiger partial charge on any atom is 0.255 e. The van der Waals surface area contributed by atoms with Crippen LogP contribution in [0.25, 0.3) is 0 Å². The summed E-state index contributed by atoms with van der Waals surface area (Å²) in [7, 11) is 1.40. The molecule has 0 spiro atoms. The number of nitrogens with zero attached hydrogens (tertiary/aromatic N) is 1. The van der Waals surface area contributed by atoms with E-state index in [1.165, 1.54) is 19.9 Å². The van der Waals surface area contributed by atoms with Crippen LogP contribution in [0.2, 0.25) is 0 Å². The zero-order valence-corrected chi connectivity index (χ0v) is 8.30. The number of rotatable bonds is 6. The zero-order chi connectivity index (χ0) is 10.6. The van der Waals surface area contributed by atoms with Gasteiger partial charge in [-0.1, -0.05) is 0 Å². The van der Waals surface area contributed by atoms with Crippen LogP contribution in [0.3, 0.4) is 0 Å². The second-order valence-electron chi connectivity index (χ2n) is 3.74. The fourth-order valence-corrected chi connectivity index (χ4v) is 1.15. The summed E-state index contributed by atoms with van der Waals surface area (Å²) in [5, 5.41) is 2.97. The van der Waals surface area contributed by atoms with E-state index < -0.39 is 13.0 Å². The fraction of sp³-hybridized carbons (Fsp3) is 0.889. The predicted molar refractivity (Wildman–Crippen MR) is 49.2 cm³/mol. The number of carbonyl (C=O) groups is 1. The largest absolute Gasteiger partial charge is 0.339 e. The SMILES string of the molecule is CN(CC(F)F)C(=O)CNCC1CC1. The van der Waals surface area contributed by atoms with Gasteiger partial charge in [-0.3, -0.25) is 4.79 Å². The summed E-state index contributed by atoms with van der Waals surface area (Å²) < 4.78 is 23.8. The van der Waals surface area contributed by atoms with Gasteiger partial charge in [0.1, 0.15) is 0 Å². The number of alkyl halides is 2. The van der Waals surface area contributed by atoms with Crippen molar-refractivity contribution in [3.05, 3.63) is 0 Å². The van der Waals surface area contributed by atoms with Gasteiger partial charge in [0, 0.05) is 7.05 Å². The monoisotopic (exact) mass is 206 g/mol. The van der Waals surface area contributed by atoms with Gasteiger partial charge in [-0.25, -0.2) is 8.78 Å². The lowest BCUT2D eigenvalue weighted by Gasteiger charge is -2.16. The molecule has 0 bridgehead atoms. The number of hydrogen-bond acceptors (Lipinski definition) is 2. The average molecular weight is 206 g/mol. The fourth-order valence-electron chi connectivity index (χ4n) is 1.15. The summed E-state index contributed by atoms with van der Waals surface area (Å²) in [6.45, 7) is 0.512. The number of halogens is 2.